The number of amides is 1. The van der Waals surface area contributed by atoms with Crippen molar-refractivity contribution < 1.29 is 9.53 Å². The Morgan fingerprint density at radius 2 is 1.79 bits per heavy atom. The molecule has 6 nitrogen and oxygen atoms in total. The average molecular weight is 510 g/mol. The Hall–Kier alpha value is -2.29. The Morgan fingerprint density at radius 3 is 2.41 bits per heavy atom. The number of methoxy groups -OCH3 is 1. The van der Waals surface area contributed by atoms with Crippen molar-refractivity contribution in [3.05, 3.63) is 65.2 Å². The lowest BCUT2D eigenvalue weighted by Crippen LogP contribution is -2.38. The molecule has 0 atom stereocenters. The van der Waals surface area contributed by atoms with Gasteiger partial charge >= 0.3 is 0 Å². The summed E-state index contributed by atoms with van der Waals surface area (Å²) in [5.74, 6) is 1.63. The normalized spacial score (nSPS) is 10.7. The highest BCUT2D eigenvalue weighted by Gasteiger charge is 2.08. The fourth-order valence-electron chi connectivity index (χ4n) is 2.69. The molecule has 0 aliphatic heterocycles. The molecule has 158 valence electrons. The van der Waals surface area contributed by atoms with E-state index in [-0.39, 0.29) is 29.9 Å². The minimum atomic E-state index is 0. The second-order valence-electron chi connectivity index (χ2n) is 6.62. The van der Waals surface area contributed by atoms with Gasteiger partial charge in [-0.05, 0) is 48.7 Å². The van der Waals surface area contributed by atoms with Crippen molar-refractivity contribution in [2.24, 2.45) is 4.99 Å². The lowest BCUT2D eigenvalue weighted by Gasteiger charge is -2.13. The van der Waals surface area contributed by atoms with E-state index in [4.69, 9.17) is 4.74 Å². The van der Waals surface area contributed by atoms with Crippen molar-refractivity contribution in [3.8, 4) is 5.75 Å². The van der Waals surface area contributed by atoms with Gasteiger partial charge < -0.3 is 20.3 Å². The molecule has 0 saturated carbocycles. The van der Waals surface area contributed by atoms with E-state index < -0.39 is 0 Å². The summed E-state index contributed by atoms with van der Waals surface area (Å²) < 4.78 is 5.18. The predicted octanol–water partition coefficient (Wildman–Crippen LogP) is 3.31. The van der Waals surface area contributed by atoms with Gasteiger partial charge in [-0.3, -0.25) is 4.79 Å². The molecule has 2 aromatic rings. The van der Waals surface area contributed by atoms with Crippen LogP contribution >= 0.6 is 24.0 Å². The number of halogens is 1. The van der Waals surface area contributed by atoms with Crippen LogP contribution in [0.3, 0.4) is 0 Å². The minimum Gasteiger partial charge on any atom is -0.497 e. The van der Waals surface area contributed by atoms with E-state index in [1.807, 2.05) is 55.5 Å². The molecule has 0 bridgehead atoms. The fourth-order valence-corrected chi connectivity index (χ4v) is 2.69. The molecule has 0 unspecified atom stereocenters. The summed E-state index contributed by atoms with van der Waals surface area (Å²) in [7, 11) is 5.18. The van der Waals surface area contributed by atoms with Crippen LogP contribution in [-0.4, -0.2) is 51.1 Å². The molecule has 0 heterocycles. The van der Waals surface area contributed by atoms with Crippen molar-refractivity contribution in [2.75, 3.05) is 34.3 Å². The third-order valence-electron chi connectivity index (χ3n) is 4.21. The van der Waals surface area contributed by atoms with Crippen LogP contribution in [0.25, 0.3) is 0 Å². The Labute approximate surface area is 190 Å². The summed E-state index contributed by atoms with van der Waals surface area (Å²) in [5, 5.41) is 6.61. The number of benzene rings is 2. The number of rotatable bonds is 8. The maximum Gasteiger partial charge on any atom is 0.253 e. The highest BCUT2D eigenvalue weighted by atomic mass is 127. The lowest BCUT2D eigenvalue weighted by atomic mass is 10.1. The molecule has 7 heteroatoms. The van der Waals surface area contributed by atoms with E-state index in [0.29, 0.717) is 12.1 Å². The Kier molecular flexibility index (Phi) is 11.1. The molecule has 0 spiro atoms. The standard InChI is InChI=1S/C22H30N4O2.HI/c1-5-23-22(25-16-18-9-11-20(28-4)12-10-18)24-14-13-17-7-6-8-19(15-17)21(27)26(2)3;/h6-12,15H,5,13-14,16H2,1-4H3,(H2,23,24,25);1H. The number of guanidine groups is 1. The van der Waals surface area contributed by atoms with E-state index in [1.54, 1.807) is 26.1 Å². The molecule has 2 N–H and O–H groups in total. The predicted molar refractivity (Wildman–Crippen MR) is 129 cm³/mol. The Bertz CT molecular complexity index is 792. The lowest BCUT2D eigenvalue weighted by molar-refractivity contribution is 0.0827. The summed E-state index contributed by atoms with van der Waals surface area (Å²) in [4.78, 5) is 18.3. The maximum absolute atomic E-state index is 12.1. The number of ether oxygens (including phenoxy) is 1. The molecule has 2 aromatic carbocycles. The molecule has 0 radical (unpaired) electrons. The van der Waals surface area contributed by atoms with Gasteiger partial charge in [0.2, 0.25) is 0 Å². The van der Waals surface area contributed by atoms with Crippen LogP contribution in [0.2, 0.25) is 0 Å². The third kappa shape index (κ3) is 8.31. The van der Waals surface area contributed by atoms with E-state index in [1.165, 1.54) is 0 Å². The number of nitrogens with one attached hydrogen (secondary N) is 2. The number of carbonyl (C=O) groups is 1. The number of carbonyl (C=O) groups excluding carboxylic acids is 1. The molecule has 0 aliphatic carbocycles. The minimum absolute atomic E-state index is 0. The Morgan fingerprint density at radius 1 is 1.07 bits per heavy atom. The van der Waals surface area contributed by atoms with Crippen molar-refractivity contribution in [1.82, 2.24) is 15.5 Å². The van der Waals surface area contributed by atoms with Gasteiger partial charge in [0, 0.05) is 32.7 Å². The van der Waals surface area contributed by atoms with Gasteiger partial charge in [0.1, 0.15) is 5.75 Å². The number of nitrogens with zero attached hydrogens (tertiary/aromatic N) is 2. The van der Waals surface area contributed by atoms with Crippen molar-refractivity contribution >= 4 is 35.8 Å². The summed E-state index contributed by atoms with van der Waals surface area (Å²) in [5.41, 5.74) is 2.95. The van der Waals surface area contributed by atoms with Gasteiger partial charge in [-0.15, -0.1) is 24.0 Å². The molecule has 0 fully saturated rings. The smallest absolute Gasteiger partial charge is 0.253 e. The van der Waals surface area contributed by atoms with Gasteiger partial charge in [0.25, 0.3) is 5.91 Å². The van der Waals surface area contributed by atoms with Gasteiger partial charge in [-0.1, -0.05) is 24.3 Å². The first-order valence-corrected chi connectivity index (χ1v) is 9.49. The van der Waals surface area contributed by atoms with E-state index >= 15 is 0 Å². The first-order valence-electron chi connectivity index (χ1n) is 9.49. The van der Waals surface area contributed by atoms with Crippen molar-refractivity contribution in [2.45, 2.75) is 19.9 Å². The van der Waals surface area contributed by atoms with Crippen molar-refractivity contribution in [3.63, 3.8) is 0 Å². The topological polar surface area (TPSA) is 66.0 Å². The van der Waals surface area contributed by atoms with Crippen LogP contribution in [0.4, 0.5) is 0 Å². The summed E-state index contributed by atoms with van der Waals surface area (Å²) in [6, 6.07) is 15.7. The highest BCUT2D eigenvalue weighted by molar-refractivity contribution is 14.0. The van der Waals surface area contributed by atoms with E-state index in [2.05, 4.69) is 15.6 Å². The van der Waals surface area contributed by atoms with E-state index in [9.17, 15) is 4.79 Å². The van der Waals surface area contributed by atoms with Crippen LogP contribution in [0.1, 0.15) is 28.4 Å². The van der Waals surface area contributed by atoms with Gasteiger partial charge in [0.05, 0.1) is 13.7 Å². The second-order valence-corrected chi connectivity index (χ2v) is 6.62. The van der Waals surface area contributed by atoms with Gasteiger partial charge in [0.15, 0.2) is 5.96 Å². The first kappa shape index (κ1) is 24.7. The third-order valence-corrected chi connectivity index (χ3v) is 4.21. The quantitative estimate of drug-likeness (QED) is 0.325. The first-order chi connectivity index (χ1) is 13.5. The monoisotopic (exact) mass is 510 g/mol. The molecule has 1 amide bonds. The van der Waals surface area contributed by atoms with Crippen LogP contribution in [0.5, 0.6) is 5.75 Å². The zero-order valence-electron chi connectivity index (χ0n) is 17.6. The number of hydrogen-bond donors (Lipinski definition) is 2. The molecule has 0 saturated heterocycles. The molecule has 0 aliphatic rings. The van der Waals surface area contributed by atoms with Crippen LogP contribution < -0.4 is 15.4 Å². The largest absolute Gasteiger partial charge is 0.497 e. The van der Waals surface area contributed by atoms with E-state index in [0.717, 1.165) is 42.3 Å². The zero-order valence-corrected chi connectivity index (χ0v) is 19.9. The van der Waals surface area contributed by atoms with Crippen molar-refractivity contribution in [1.29, 1.82) is 0 Å². The molecule has 29 heavy (non-hydrogen) atoms. The van der Waals surface area contributed by atoms with Crippen LogP contribution in [0.15, 0.2) is 53.5 Å². The van der Waals surface area contributed by atoms with Crippen LogP contribution in [-0.2, 0) is 13.0 Å². The number of aliphatic imine (C=N–C) groups is 1. The SMILES string of the molecule is CCNC(=NCc1ccc(OC)cc1)NCCc1cccc(C(=O)N(C)C)c1.I. The second kappa shape index (κ2) is 13.0. The Balaban J connectivity index is 0.00000420. The van der Waals surface area contributed by atoms with Crippen LogP contribution in [0, 0.1) is 0 Å². The summed E-state index contributed by atoms with van der Waals surface area (Å²) in [6.45, 7) is 4.16. The molecular formula is C22H31IN4O2. The maximum atomic E-state index is 12.1. The molecular weight excluding hydrogens is 479 g/mol. The van der Waals surface area contributed by atoms with Gasteiger partial charge in [-0.25, -0.2) is 4.99 Å². The summed E-state index contributed by atoms with van der Waals surface area (Å²) in [6.07, 6.45) is 0.807. The summed E-state index contributed by atoms with van der Waals surface area (Å²) >= 11 is 0. The average Bonchev–Trinajstić information content (AvgIpc) is 2.72. The molecule has 0 aromatic heterocycles. The van der Waals surface area contributed by atoms with Gasteiger partial charge in [-0.2, -0.15) is 0 Å². The fraction of sp³-hybridized carbons (Fsp3) is 0.364. The highest BCUT2D eigenvalue weighted by Crippen LogP contribution is 2.12. The zero-order chi connectivity index (χ0) is 20.4. The number of hydrogen-bond acceptors (Lipinski definition) is 3. The molecule has 2 rings (SSSR count).